The maximum absolute atomic E-state index is 3.24. The molecule has 1 N–H and O–H groups in total. The van der Waals surface area contributed by atoms with Crippen molar-refractivity contribution in [2.45, 2.75) is 40.0 Å². The molecule has 0 spiro atoms. The fourth-order valence-electron chi connectivity index (χ4n) is 2.52. The fraction of sp³-hybridized carbons (Fsp3) is 1.00. The SMILES string of the molecule is CNCCN1CCCC(C(C)(C)C)CC1. The molecule has 1 unspecified atom stereocenters. The summed E-state index contributed by atoms with van der Waals surface area (Å²) in [6.45, 7) is 12.1. The molecule has 1 rings (SSSR count). The van der Waals surface area contributed by atoms with E-state index < -0.39 is 0 Å². The molecule has 0 aliphatic carbocycles. The fourth-order valence-corrected chi connectivity index (χ4v) is 2.52. The minimum atomic E-state index is 0.499. The molecule has 1 fully saturated rings. The first-order valence-electron chi connectivity index (χ1n) is 6.41. The van der Waals surface area contributed by atoms with E-state index in [0.29, 0.717) is 5.41 Å². The van der Waals surface area contributed by atoms with Gasteiger partial charge in [-0.05, 0) is 50.7 Å². The van der Waals surface area contributed by atoms with E-state index in [1.54, 1.807) is 0 Å². The van der Waals surface area contributed by atoms with Crippen LogP contribution in [0.4, 0.5) is 0 Å². The lowest BCUT2D eigenvalue weighted by Crippen LogP contribution is -2.32. The van der Waals surface area contributed by atoms with Crippen LogP contribution in [0.1, 0.15) is 40.0 Å². The second-order valence-electron chi connectivity index (χ2n) is 5.94. The lowest BCUT2D eigenvalue weighted by molar-refractivity contribution is 0.208. The molecule has 0 saturated carbocycles. The van der Waals surface area contributed by atoms with E-state index in [1.807, 2.05) is 7.05 Å². The topological polar surface area (TPSA) is 15.3 Å². The van der Waals surface area contributed by atoms with Gasteiger partial charge in [0.1, 0.15) is 0 Å². The quantitative estimate of drug-likeness (QED) is 0.772. The van der Waals surface area contributed by atoms with E-state index >= 15 is 0 Å². The molecule has 1 aliphatic rings. The summed E-state index contributed by atoms with van der Waals surface area (Å²) in [6.07, 6.45) is 4.18. The Bertz CT molecular complexity index is 172. The van der Waals surface area contributed by atoms with Crippen LogP contribution in [0.15, 0.2) is 0 Å². The second-order valence-corrected chi connectivity index (χ2v) is 5.94. The van der Waals surface area contributed by atoms with Crippen LogP contribution in [0.5, 0.6) is 0 Å². The number of hydrogen-bond donors (Lipinski definition) is 1. The van der Waals surface area contributed by atoms with Gasteiger partial charge in [-0.15, -0.1) is 0 Å². The van der Waals surface area contributed by atoms with Crippen molar-refractivity contribution in [3.05, 3.63) is 0 Å². The van der Waals surface area contributed by atoms with Gasteiger partial charge in [-0.1, -0.05) is 20.8 Å². The molecule has 0 amide bonds. The van der Waals surface area contributed by atoms with Crippen molar-refractivity contribution >= 4 is 0 Å². The van der Waals surface area contributed by atoms with E-state index in [0.717, 1.165) is 12.5 Å². The van der Waals surface area contributed by atoms with Crippen LogP contribution in [-0.4, -0.2) is 38.1 Å². The molecule has 0 aromatic heterocycles. The number of hydrogen-bond acceptors (Lipinski definition) is 2. The Morgan fingerprint density at radius 3 is 2.53 bits per heavy atom. The maximum atomic E-state index is 3.24. The molecular weight excluding hydrogens is 184 g/mol. The van der Waals surface area contributed by atoms with Crippen LogP contribution >= 0.6 is 0 Å². The lowest BCUT2D eigenvalue weighted by Gasteiger charge is -2.29. The summed E-state index contributed by atoms with van der Waals surface area (Å²) in [5.41, 5.74) is 0.499. The molecule has 1 saturated heterocycles. The Labute approximate surface area is 95.4 Å². The molecule has 1 heterocycles. The molecule has 1 aliphatic heterocycles. The summed E-state index contributed by atoms with van der Waals surface area (Å²) >= 11 is 0. The molecule has 0 aromatic rings. The van der Waals surface area contributed by atoms with Crippen molar-refractivity contribution in [3.63, 3.8) is 0 Å². The van der Waals surface area contributed by atoms with Gasteiger partial charge in [-0.3, -0.25) is 0 Å². The van der Waals surface area contributed by atoms with E-state index in [2.05, 4.69) is 31.0 Å². The zero-order valence-corrected chi connectivity index (χ0v) is 11.0. The van der Waals surface area contributed by atoms with E-state index in [9.17, 15) is 0 Å². The van der Waals surface area contributed by atoms with Crippen LogP contribution < -0.4 is 5.32 Å². The predicted molar refractivity (Wildman–Crippen MR) is 67.2 cm³/mol. The van der Waals surface area contributed by atoms with Crippen molar-refractivity contribution in [2.24, 2.45) is 11.3 Å². The van der Waals surface area contributed by atoms with Crippen molar-refractivity contribution in [1.82, 2.24) is 10.2 Å². The third-order valence-electron chi connectivity index (χ3n) is 3.72. The maximum Gasteiger partial charge on any atom is 0.0107 e. The summed E-state index contributed by atoms with van der Waals surface area (Å²) in [4.78, 5) is 2.61. The lowest BCUT2D eigenvalue weighted by atomic mass is 9.77. The van der Waals surface area contributed by atoms with Crippen LogP contribution in [0, 0.1) is 11.3 Å². The second kappa shape index (κ2) is 5.86. The first-order chi connectivity index (χ1) is 7.04. The highest BCUT2D eigenvalue weighted by molar-refractivity contribution is 4.78. The van der Waals surface area contributed by atoms with Crippen molar-refractivity contribution in [2.75, 3.05) is 33.2 Å². The first kappa shape index (κ1) is 13.0. The van der Waals surface area contributed by atoms with Gasteiger partial charge < -0.3 is 10.2 Å². The molecule has 15 heavy (non-hydrogen) atoms. The molecule has 2 heteroatoms. The largest absolute Gasteiger partial charge is 0.318 e. The number of rotatable bonds is 3. The first-order valence-corrected chi connectivity index (χ1v) is 6.41. The number of nitrogens with one attached hydrogen (secondary N) is 1. The highest BCUT2D eigenvalue weighted by atomic mass is 15.1. The van der Waals surface area contributed by atoms with Crippen LogP contribution in [-0.2, 0) is 0 Å². The number of likely N-dealkylation sites (N-methyl/N-ethyl adjacent to an activating group) is 1. The Morgan fingerprint density at radius 2 is 1.93 bits per heavy atom. The highest BCUT2D eigenvalue weighted by Gasteiger charge is 2.26. The van der Waals surface area contributed by atoms with Gasteiger partial charge in [0.15, 0.2) is 0 Å². The van der Waals surface area contributed by atoms with Crippen LogP contribution in [0.3, 0.4) is 0 Å². The average molecular weight is 212 g/mol. The van der Waals surface area contributed by atoms with E-state index in [-0.39, 0.29) is 0 Å². The van der Waals surface area contributed by atoms with E-state index in [1.165, 1.54) is 38.9 Å². The molecular formula is C13H28N2. The summed E-state index contributed by atoms with van der Waals surface area (Å²) in [5.74, 6) is 0.914. The average Bonchev–Trinajstić information content (AvgIpc) is 2.38. The third kappa shape index (κ3) is 4.52. The molecule has 90 valence electrons. The number of likely N-dealkylation sites (tertiary alicyclic amines) is 1. The Hall–Kier alpha value is -0.0800. The minimum absolute atomic E-state index is 0.499. The summed E-state index contributed by atoms with van der Waals surface area (Å²) in [7, 11) is 2.04. The number of nitrogens with zero attached hydrogens (tertiary/aromatic N) is 1. The van der Waals surface area contributed by atoms with Crippen LogP contribution in [0.25, 0.3) is 0 Å². The standard InChI is InChI=1S/C13H28N2/c1-13(2,3)12-6-5-9-15(10-7-12)11-8-14-4/h12,14H,5-11H2,1-4H3. The minimum Gasteiger partial charge on any atom is -0.318 e. The van der Waals surface area contributed by atoms with Gasteiger partial charge >= 0.3 is 0 Å². The van der Waals surface area contributed by atoms with Gasteiger partial charge in [-0.2, -0.15) is 0 Å². The summed E-state index contributed by atoms with van der Waals surface area (Å²) < 4.78 is 0. The van der Waals surface area contributed by atoms with Gasteiger partial charge in [0.2, 0.25) is 0 Å². The third-order valence-corrected chi connectivity index (χ3v) is 3.72. The van der Waals surface area contributed by atoms with Crippen molar-refractivity contribution in [3.8, 4) is 0 Å². The van der Waals surface area contributed by atoms with E-state index in [4.69, 9.17) is 0 Å². The van der Waals surface area contributed by atoms with Crippen molar-refractivity contribution < 1.29 is 0 Å². The molecule has 1 atom stereocenters. The summed E-state index contributed by atoms with van der Waals surface area (Å²) in [5, 5.41) is 3.24. The highest BCUT2D eigenvalue weighted by Crippen LogP contribution is 2.34. The Balaban J connectivity index is 2.35. The summed E-state index contributed by atoms with van der Waals surface area (Å²) in [6, 6.07) is 0. The van der Waals surface area contributed by atoms with Crippen LogP contribution in [0.2, 0.25) is 0 Å². The van der Waals surface area contributed by atoms with Gasteiger partial charge in [0.05, 0.1) is 0 Å². The predicted octanol–water partition coefficient (Wildman–Crippen LogP) is 2.35. The van der Waals surface area contributed by atoms with Gasteiger partial charge in [-0.25, -0.2) is 0 Å². The zero-order chi connectivity index (χ0) is 11.3. The van der Waals surface area contributed by atoms with Gasteiger partial charge in [0.25, 0.3) is 0 Å². The molecule has 2 nitrogen and oxygen atoms in total. The molecule has 0 bridgehead atoms. The Morgan fingerprint density at radius 1 is 1.20 bits per heavy atom. The monoisotopic (exact) mass is 212 g/mol. The Kier molecular flexibility index (Phi) is 5.07. The zero-order valence-electron chi connectivity index (χ0n) is 11.0. The normalized spacial score (nSPS) is 25.2. The smallest absolute Gasteiger partial charge is 0.0107 e. The molecule has 0 aromatic carbocycles. The van der Waals surface area contributed by atoms with Crippen molar-refractivity contribution in [1.29, 1.82) is 0 Å². The van der Waals surface area contributed by atoms with Gasteiger partial charge in [0, 0.05) is 13.1 Å². The molecule has 0 radical (unpaired) electrons.